The van der Waals surface area contributed by atoms with Crippen LogP contribution in [0.25, 0.3) is 0 Å². The van der Waals surface area contributed by atoms with E-state index in [4.69, 9.17) is 4.74 Å². The average molecular weight is 279 g/mol. The van der Waals surface area contributed by atoms with Gasteiger partial charge in [0.15, 0.2) is 0 Å². The molecule has 0 aliphatic carbocycles. The van der Waals surface area contributed by atoms with E-state index in [0.29, 0.717) is 6.10 Å². The minimum absolute atomic E-state index is 0.456. The van der Waals surface area contributed by atoms with Crippen molar-refractivity contribution in [3.63, 3.8) is 0 Å². The zero-order valence-corrected chi connectivity index (χ0v) is 12.7. The van der Waals surface area contributed by atoms with Gasteiger partial charge in [-0.15, -0.1) is 0 Å². The van der Waals surface area contributed by atoms with E-state index in [1.54, 1.807) is 0 Å². The smallest absolute Gasteiger partial charge is 0.0829 e. The third-order valence-corrected chi connectivity index (χ3v) is 5.81. The van der Waals surface area contributed by atoms with Gasteiger partial charge in [-0.3, -0.25) is 14.7 Å². The Morgan fingerprint density at radius 2 is 1.60 bits per heavy atom. The molecule has 4 saturated heterocycles. The Morgan fingerprint density at radius 3 is 2.55 bits per heavy atom. The molecule has 3 unspecified atom stereocenters. The van der Waals surface area contributed by atoms with Crippen LogP contribution >= 0.6 is 0 Å². The van der Waals surface area contributed by atoms with Gasteiger partial charge in [-0.1, -0.05) is 0 Å². The maximum absolute atomic E-state index is 6.15. The maximum atomic E-state index is 6.15. The fourth-order valence-electron chi connectivity index (χ4n) is 4.73. The van der Waals surface area contributed by atoms with Crippen LogP contribution in [-0.4, -0.2) is 85.3 Å². The van der Waals surface area contributed by atoms with Crippen molar-refractivity contribution in [2.75, 3.05) is 52.4 Å². The first-order chi connectivity index (χ1) is 9.88. The molecule has 4 rings (SSSR count). The van der Waals surface area contributed by atoms with Gasteiger partial charge in [0.2, 0.25) is 0 Å². The van der Waals surface area contributed by atoms with Gasteiger partial charge in [-0.2, -0.15) is 0 Å². The Balaban J connectivity index is 1.32. The maximum Gasteiger partial charge on any atom is 0.0829 e. The van der Waals surface area contributed by atoms with E-state index in [1.165, 1.54) is 71.4 Å². The summed E-state index contributed by atoms with van der Waals surface area (Å²) in [6, 6.07) is 1.57. The Kier molecular flexibility index (Phi) is 3.99. The molecule has 0 radical (unpaired) electrons. The molecule has 114 valence electrons. The van der Waals surface area contributed by atoms with Gasteiger partial charge in [0.1, 0.15) is 0 Å². The standard InChI is InChI=1S/C16H29N3O/c1-4-14-10-17(6-3-9-18(14)7-1)11-16-12-19-8-2-5-15(19)13-20-16/h14-16H,1-13H2. The van der Waals surface area contributed by atoms with E-state index in [2.05, 4.69) is 14.7 Å². The van der Waals surface area contributed by atoms with Gasteiger partial charge in [0.25, 0.3) is 0 Å². The second-order valence-corrected chi connectivity index (χ2v) is 7.19. The van der Waals surface area contributed by atoms with Crippen LogP contribution in [0.2, 0.25) is 0 Å². The van der Waals surface area contributed by atoms with Gasteiger partial charge in [0, 0.05) is 31.7 Å². The molecule has 4 aliphatic heterocycles. The lowest BCUT2D eigenvalue weighted by atomic mass is 10.1. The molecule has 4 fully saturated rings. The molecule has 3 atom stereocenters. The van der Waals surface area contributed by atoms with Crippen molar-refractivity contribution in [3.8, 4) is 0 Å². The zero-order valence-electron chi connectivity index (χ0n) is 12.7. The highest BCUT2D eigenvalue weighted by Crippen LogP contribution is 2.25. The lowest BCUT2D eigenvalue weighted by Crippen LogP contribution is -2.51. The molecule has 4 nitrogen and oxygen atoms in total. The quantitative estimate of drug-likeness (QED) is 0.751. The van der Waals surface area contributed by atoms with Crippen molar-refractivity contribution in [1.29, 1.82) is 0 Å². The molecule has 0 saturated carbocycles. The molecule has 0 aromatic heterocycles. The number of hydrogen-bond acceptors (Lipinski definition) is 4. The van der Waals surface area contributed by atoms with Gasteiger partial charge in [-0.05, 0) is 58.3 Å². The van der Waals surface area contributed by atoms with Crippen LogP contribution in [0.3, 0.4) is 0 Å². The molecule has 0 bridgehead atoms. The summed E-state index contributed by atoms with van der Waals surface area (Å²) in [5.74, 6) is 0. The summed E-state index contributed by atoms with van der Waals surface area (Å²) in [4.78, 5) is 8.09. The molecule has 0 N–H and O–H groups in total. The predicted molar refractivity (Wildman–Crippen MR) is 80.0 cm³/mol. The van der Waals surface area contributed by atoms with Crippen molar-refractivity contribution in [1.82, 2.24) is 14.7 Å². The lowest BCUT2D eigenvalue weighted by molar-refractivity contribution is -0.0614. The van der Waals surface area contributed by atoms with Crippen molar-refractivity contribution in [2.45, 2.75) is 50.3 Å². The first-order valence-corrected chi connectivity index (χ1v) is 8.70. The van der Waals surface area contributed by atoms with Gasteiger partial charge in [-0.25, -0.2) is 0 Å². The second-order valence-electron chi connectivity index (χ2n) is 7.19. The number of hydrogen-bond donors (Lipinski definition) is 0. The van der Waals surface area contributed by atoms with E-state index in [-0.39, 0.29) is 0 Å². The summed E-state index contributed by atoms with van der Waals surface area (Å²) in [6.45, 7) is 9.84. The summed E-state index contributed by atoms with van der Waals surface area (Å²) in [5.41, 5.74) is 0. The van der Waals surface area contributed by atoms with Crippen molar-refractivity contribution < 1.29 is 4.74 Å². The van der Waals surface area contributed by atoms with E-state index < -0.39 is 0 Å². The topological polar surface area (TPSA) is 19.0 Å². The van der Waals surface area contributed by atoms with Crippen LogP contribution < -0.4 is 0 Å². The lowest BCUT2D eigenvalue weighted by Gasteiger charge is -2.37. The van der Waals surface area contributed by atoms with Gasteiger partial charge < -0.3 is 4.74 Å². The van der Waals surface area contributed by atoms with Crippen LogP contribution in [0.15, 0.2) is 0 Å². The Morgan fingerprint density at radius 1 is 0.800 bits per heavy atom. The second kappa shape index (κ2) is 5.91. The molecular formula is C16H29N3O. The molecule has 0 amide bonds. The third kappa shape index (κ3) is 2.76. The minimum atomic E-state index is 0.456. The summed E-state index contributed by atoms with van der Waals surface area (Å²) < 4.78 is 6.15. The van der Waals surface area contributed by atoms with Crippen LogP contribution in [0.4, 0.5) is 0 Å². The average Bonchev–Trinajstić information content (AvgIpc) is 3.04. The van der Waals surface area contributed by atoms with Crippen molar-refractivity contribution in [2.24, 2.45) is 0 Å². The Bertz CT molecular complexity index is 338. The summed E-state index contributed by atoms with van der Waals surface area (Å²) in [7, 11) is 0. The van der Waals surface area contributed by atoms with E-state index in [9.17, 15) is 0 Å². The fraction of sp³-hybridized carbons (Fsp3) is 1.00. The molecular weight excluding hydrogens is 250 g/mol. The monoisotopic (exact) mass is 279 g/mol. The first-order valence-electron chi connectivity index (χ1n) is 8.70. The largest absolute Gasteiger partial charge is 0.374 e. The minimum Gasteiger partial charge on any atom is -0.374 e. The normalized spacial score (nSPS) is 40.5. The van der Waals surface area contributed by atoms with Crippen LogP contribution in [-0.2, 0) is 4.74 Å². The number of nitrogens with zero attached hydrogens (tertiary/aromatic N) is 3. The number of morpholine rings is 1. The number of fused-ring (bicyclic) bond motifs is 2. The van der Waals surface area contributed by atoms with Crippen LogP contribution in [0.5, 0.6) is 0 Å². The van der Waals surface area contributed by atoms with Crippen molar-refractivity contribution in [3.05, 3.63) is 0 Å². The van der Waals surface area contributed by atoms with E-state index >= 15 is 0 Å². The number of rotatable bonds is 2. The van der Waals surface area contributed by atoms with Crippen molar-refractivity contribution >= 4 is 0 Å². The SMILES string of the molecule is C1CC2CN(CC3CN4CCCC4CO3)CCCN2C1. The molecule has 4 heterocycles. The summed E-state index contributed by atoms with van der Waals surface area (Å²) in [5, 5.41) is 0. The molecule has 0 aromatic rings. The summed E-state index contributed by atoms with van der Waals surface area (Å²) >= 11 is 0. The highest BCUT2D eigenvalue weighted by molar-refractivity contribution is 4.89. The van der Waals surface area contributed by atoms with Crippen LogP contribution in [0, 0.1) is 0 Å². The highest BCUT2D eigenvalue weighted by atomic mass is 16.5. The molecule has 0 spiro atoms. The molecule has 4 aliphatic rings. The molecule has 4 heteroatoms. The Labute approximate surface area is 123 Å². The molecule has 0 aromatic carbocycles. The van der Waals surface area contributed by atoms with E-state index in [1.807, 2.05) is 0 Å². The summed E-state index contributed by atoms with van der Waals surface area (Å²) in [6.07, 6.45) is 7.35. The number of ether oxygens (including phenoxy) is 1. The predicted octanol–water partition coefficient (Wildman–Crippen LogP) is 1.02. The van der Waals surface area contributed by atoms with Crippen LogP contribution in [0.1, 0.15) is 32.1 Å². The molecule has 20 heavy (non-hydrogen) atoms. The highest BCUT2D eigenvalue weighted by Gasteiger charge is 2.34. The third-order valence-electron chi connectivity index (χ3n) is 5.81. The zero-order chi connectivity index (χ0) is 13.4. The fourth-order valence-corrected chi connectivity index (χ4v) is 4.73. The van der Waals surface area contributed by atoms with Gasteiger partial charge in [0.05, 0.1) is 12.7 Å². The Hall–Kier alpha value is -0.160. The first kappa shape index (κ1) is 13.5. The van der Waals surface area contributed by atoms with Gasteiger partial charge >= 0.3 is 0 Å². The van der Waals surface area contributed by atoms with E-state index in [0.717, 1.165) is 25.2 Å².